The molecule has 2 fully saturated rings. The second-order valence-electron chi connectivity index (χ2n) is 6.94. The Morgan fingerprint density at radius 2 is 2.04 bits per heavy atom. The lowest BCUT2D eigenvalue weighted by Crippen LogP contribution is -2.56. The fraction of sp³-hybridized carbons (Fsp3) is 0.474. The van der Waals surface area contributed by atoms with Crippen LogP contribution >= 0.6 is 15.9 Å². The first-order valence-electron chi connectivity index (χ1n) is 9.05. The summed E-state index contributed by atoms with van der Waals surface area (Å²) in [6.45, 7) is 5.83. The van der Waals surface area contributed by atoms with Gasteiger partial charge in [0, 0.05) is 51.0 Å². The van der Waals surface area contributed by atoms with Crippen molar-refractivity contribution in [1.82, 2.24) is 14.8 Å². The first kappa shape index (κ1) is 19.9. The Hall–Kier alpha value is -1.90. The van der Waals surface area contributed by atoms with Crippen molar-refractivity contribution in [2.45, 2.75) is 6.04 Å². The van der Waals surface area contributed by atoms with Crippen LogP contribution in [0.4, 0.5) is 11.5 Å². The minimum absolute atomic E-state index is 0.441. The second-order valence-corrected chi connectivity index (χ2v) is 7.85. The average molecular weight is 436 g/mol. The number of allylic oxidation sites excluding steroid dienone is 3. The van der Waals surface area contributed by atoms with Gasteiger partial charge in [-0.15, -0.1) is 0 Å². The van der Waals surface area contributed by atoms with Crippen LogP contribution in [0.5, 0.6) is 0 Å². The van der Waals surface area contributed by atoms with Crippen molar-refractivity contribution in [2.75, 3.05) is 63.7 Å². The van der Waals surface area contributed by atoms with E-state index in [1.54, 1.807) is 6.08 Å². The van der Waals surface area contributed by atoms with E-state index in [0.717, 1.165) is 55.8 Å². The van der Waals surface area contributed by atoms with Gasteiger partial charge in [0.2, 0.25) is 0 Å². The number of ether oxygens (including phenoxy) is 1. The molecule has 0 saturated carbocycles. The summed E-state index contributed by atoms with van der Waals surface area (Å²) in [5, 5.41) is 3.05. The number of hydrogen-bond donors (Lipinski definition) is 1. The van der Waals surface area contributed by atoms with Gasteiger partial charge < -0.3 is 19.9 Å². The molecule has 0 bridgehead atoms. The molecule has 0 unspecified atom stereocenters. The molecule has 2 aliphatic heterocycles. The van der Waals surface area contributed by atoms with E-state index in [0.29, 0.717) is 17.6 Å². The standard InChI is InChI=1S/C19H26BrN5O2/c1-23(2)11-15(20)9-16(12-26)22-19-4-3-17(10-21-19)24-5-7-25(8-6-24)18-13-27-14-18/h3-4,9-12,18H,5-8,13-14H2,1-2H3,(H,21,22)/b15-11+,16-9+. The molecular weight excluding hydrogens is 410 g/mol. The summed E-state index contributed by atoms with van der Waals surface area (Å²) < 4.78 is 6.09. The van der Waals surface area contributed by atoms with E-state index in [4.69, 9.17) is 4.74 Å². The SMILES string of the molecule is CN(C)/C=C(Br)\C=C(/C=O)Nc1ccc(N2CCN(C3COC3)CC2)cn1. The maximum Gasteiger partial charge on any atom is 0.166 e. The number of carbonyl (C=O) groups is 1. The third kappa shape index (κ3) is 5.54. The van der Waals surface area contributed by atoms with Gasteiger partial charge in [0.05, 0.1) is 36.8 Å². The number of anilines is 2. The van der Waals surface area contributed by atoms with Crippen LogP contribution in [0.25, 0.3) is 0 Å². The lowest BCUT2D eigenvalue weighted by molar-refractivity contribution is -0.104. The molecule has 0 radical (unpaired) electrons. The van der Waals surface area contributed by atoms with Gasteiger partial charge in [-0.2, -0.15) is 0 Å². The molecule has 146 valence electrons. The molecule has 1 aromatic rings. The van der Waals surface area contributed by atoms with Gasteiger partial charge in [-0.05, 0) is 34.1 Å². The summed E-state index contributed by atoms with van der Waals surface area (Å²) in [4.78, 5) is 22.5. The Kier molecular flexibility index (Phi) is 6.87. The number of nitrogens with one attached hydrogen (secondary N) is 1. The fourth-order valence-electron chi connectivity index (χ4n) is 3.11. The summed E-state index contributed by atoms with van der Waals surface area (Å²) in [6.07, 6.45) is 6.24. The van der Waals surface area contributed by atoms with E-state index in [9.17, 15) is 4.79 Å². The minimum Gasteiger partial charge on any atom is -0.383 e. The normalized spacial score (nSPS) is 19.6. The van der Waals surface area contributed by atoms with Crippen LogP contribution in [0, 0.1) is 0 Å². The number of hydrogen-bond acceptors (Lipinski definition) is 7. The summed E-state index contributed by atoms with van der Waals surface area (Å²) >= 11 is 3.43. The highest BCUT2D eigenvalue weighted by atomic mass is 79.9. The van der Waals surface area contributed by atoms with E-state index in [2.05, 4.69) is 36.0 Å². The lowest BCUT2D eigenvalue weighted by Gasteiger charge is -2.43. The molecule has 0 atom stereocenters. The Labute approximate surface area is 168 Å². The number of pyridine rings is 1. The van der Waals surface area contributed by atoms with E-state index in [1.807, 2.05) is 43.5 Å². The Bertz CT molecular complexity index is 693. The van der Waals surface area contributed by atoms with Crippen LogP contribution in [-0.4, -0.2) is 80.6 Å². The van der Waals surface area contributed by atoms with Crippen LogP contribution in [0.1, 0.15) is 0 Å². The molecule has 1 N–H and O–H groups in total. The topological polar surface area (TPSA) is 60.9 Å². The highest BCUT2D eigenvalue weighted by molar-refractivity contribution is 9.11. The molecule has 3 heterocycles. The van der Waals surface area contributed by atoms with Gasteiger partial charge in [0.15, 0.2) is 6.29 Å². The van der Waals surface area contributed by atoms with Crippen molar-refractivity contribution < 1.29 is 9.53 Å². The van der Waals surface area contributed by atoms with Gasteiger partial charge in [-0.3, -0.25) is 9.69 Å². The summed E-state index contributed by atoms with van der Waals surface area (Å²) in [5.41, 5.74) is 1.55. The van der Waals surface area contributed by atoms with Crippen molar-refractivity contribution in [3.63, 3.8) is 0 Å². The van der Waals surface area contributed by atoms with Gasteiger partial charge in [-0.25, -0.2) is 4.98 Å². The molecule has 0 aliphatic carbocycles. The van der Waals surface area contributed by atoms with E-state index >= 15 is 0 Å². The lowest BCUT2D eigenvalue weighted by atomic mass is 10.2. The smallest absolute Gasteiger partial charge is 0.166 e. The summed E-state index contributed by atoms with van der Waals surface area (Å²) in [7, 11) is 3.84. The number of halogens is 1. The predicted molar refractivity (Wildman–Crippen MR) is 111 cm³/mol. The van der Waals surface area contributed by atoms with Gasteiger partial charge >= 0.3 is 0 Å². The monoisotopic (exact) mass is 435 g/mol. The Morgan fingerprint density at radius 3 is 2.56 bits per heavy atom. The maximum absolute atomic E-state index is 11.3. The highest BCUT2D eigenvalue weighted by Crippen LogP contribution is 2.20. The average Bonchev–Trinajstić information content (AvgIpc) is 2.60. The number of aromatic nitrogens is 1. The molecule has 27 heavy (non-hydrogen) atoms. The predicted octanol–water partition coefficient (Wildman–Crippen LogP) is 1.89. The molecule has 2 aliphatic rings. The number of piperazine rings is 1. The Balaban J connectivity index is 1.56. The molecule has 1 aromatic heterocycles. The number of nitrogens with zero attached hydrogens (tertiary/aromatic N) is 4. The van der Waals surface area contributed by atoms with E-state index in [1.165, 1.54) is 0 Å². The van der Waals surface area contributed by atoms with E-state index in [-0.39, 0.29) is 0 Å². The van der Waals surface area contributed by atoms with Crippen molar-refractivity contribution in [2.24, 2.45) is 0 Å². The highest BCUT2D eigenvalue weighted by Gasteiger charge is 2.28. The Morgan fingerprint density at radius 1 is 1.30 bits per heavy atom. The summed E-state index contributed by atoms with van der Waals surface area (Å²) in [5.74, 6) is 0.646. The maximum atomic E-state index is 11.3. The van der Waals surface area contributed by atoms with Crippen LogP contribution in [0.2, 0.25) is 0 Å². The number of carbonyl (C=O) groups excluding carboxylic acids is 1. The molecule has 0 aromatic carbocycles. The van der Waals surface area contributed by atoms with Crippen molar-refractivity contribution in [3.05, 3.63) is 40.8 Å². The fourth-order valence-corrected chi connectivity index (χ4v) is 3.76. The van der Waals surface area contributed by atoms with Crippen LogP contribution in [0.15, 0.2) is 40.8 Å². The van der Waals surface area contributed by atoms with Crippen molar-refractivity contribution >= 4 is 33.7 Å². The van der Waals surface area contributed by atoms with Gasteiger partial charge in [0.1, 0.15) is 5.82 Å². The van der Waals surface area contributed by atoms with Crippen molar-refractivity contribution in [1.29, 1.82) is 0 Å². The molecule has 2 saturated heterocycles. The van der Waals surface area contributed by atoms with Crippen LogP contribution in [0.3, 0.4) is 0 Å². The molecule has 3 rings (SSSR count). The molecule has 7 nitrogen and oxygen atoms in total. The van der Waals surface area contributed by atoms with E-state index < -0.39 is 0 Å². The first-order valence-corrected chi connectivity index (χ1v) is 9.85. The molecule has 0 amide bonds. The van der Waals surface area contributed by atoms with Crippen LogP contribution in [-0.2, 0) is 9.53 Å². The molecular formula is C19H26BrN5O2. The number of rotatable bonds is 7. The summed E-state index contributed by atoms with van der Waals surface area (Å²) in [6, 6.07) is 4.55. The van der Waals surface area contributed by atoms with Gasteiger partial charge in [-0.1, -0.05) is 0 Å². The molecule has 0 spiro atoms. The first-order chi connectivity index (χ1) is 13.0. The number of aldehydes is 1. The van der Waals surface area contributed by atoms with Crippen LogP contribution < -0.4 is 10.2 Å². The zero-order chi connectivity index (χ0) is 19.2. The third-order valence-electron chi connectivity index (χ3n) is 4.64. The molecule has 8 heteroatoms. The van der Waals surface area contributed by atoms with Crippen molar-refractivity contribution in [3.8, 4) is 0 Å². The largest absolute Gasteiger partial charge is 0.383 e. The van der Waals surface area contributed by atoms with Gasteiger partial charge in [0.25, 0.3) is 0 Å². The third-order valence-corrected chi connectivity index (χ3v) is 5.07. The zero-order valence-corrected chi connectivity index (χ0v) is 17.4. The second kappa shape index (κ2) is 9.34. The quantitative estimate of drug-likeness (QED) is 0.398. The zero-order valence-electron chi connectivity index (χ0n) is 15.8. The minimum atomic E-state index is 0.441.